The second-order valence-corrected chi connectivity index (χ2v) is 19.4. The summed E-state index contributed by atoms with van der Waals surface area (Å²) in [4.78, 5) is 26.6. The number of amidine groups is 1. The number of hydrogen-bond acceptors (Lipinski definition) is 7. The number of fused-ring (bicyclic) bond motifs is 1. The summed E-state index contributed by atoms with van der Waals surface area (Å²) >= 11 is 26.1. The highest BCUT2D eigenvalue weighted by molar-refractivity contribution is 7.89. The van der Waals surface area contributed by atoms with Crippen LogP contribution >= 0.6 is 46.4 Å². The first-order valence-electron chi connectivity index (χ1n) is 19.7. The molecular formula is C45H47Cl4N5O6S. The normalized spacial score (nSPS) is 15.2. The molecule has 5 aromatic carbocycles. The van der Waals surface area contributed by atoms with E-state index in [4.69, 9.17) is 51.1 Å². The SMILES string of the molecule is CCC(NS(=O)(=O)c1ccc(Cl)c(NC2=NN(c3c(Cl)cc(Cl)cc3Cl)C(=O)C2c2ccc3ccccc3c2NC(=O)O)c1)Oc1ccc(C(C)(C)CC)cc1C(C)(C)CC. The maximum atomic E-state index is 14.6. The average molecular weight is 928 g/mol. The quantitative estimate of drug-likeness (QED) is 0.0810. The monoisotopic (exact) mass is 925 g/mol. The second-order valence-electron chi connectivity index (χ2n) is 16.1. The van der Waals surface area contributed by atoms with Crippen LogP contribution in [0.2, 0.25) is 20.1 Å². The van der Waals surface area contributed by atoms with E-state index in [9.17, 15) is 23.1 Å². The van der Waals surface area contributed by atoms with E-state index in [1.54, 1.807) is 36.4 Å². The third-order valence-corrected chi connectivity index (χ3v) is 13.9. The minimum absolute atomic E-state index is 0.0213. The molecule has 61 heavy (non-hydrogen) atoms. The van der Waals surface area contributed by atoms with Gasteiger partial charge in [0.05, 0.1) is 31.3 Å². The molecule has 0 fully saturated rings. The van der Waals surface area contributed by atoms with Crippen LogP contribution in [-0.4, -0.2) is 37.6 Å². The molecular weight excluding hydrogens is 880 g/mol. The lowest BCUT2D eigenvalue weighted by Gasteiger charge is -2.31. The van der Waals surface area contributed by atoms with Crippen LogP contribution in [0.4, 0.5) is 21.9 Å². The summed E-state index contributed by atoms with van der Waals surface area (Å²) in [6.07, 6.45) is -0.229. The predicted molar refractivity (Wildman–Crippen MR) is 248 cm³/mol. The number of halogens is 4. The fourth-order valence-corrected chi connectivity index (χ4v) is 9.33. The predicted octanol–water partition coefficient (Wildman–Crippen LogP) is 12.6. The largest absolute Gasteiger partial charge is 0.474 e. The van der Waals surface area contributed by atoms with Crippen molar-refractivity contribution in [2.75, 3.05) is 15.6 Å². The van der Waals surface area contributed by atoms with Crippen LogP contribution in [0.5, 0.6) is 5.75 Å². The van der Waals surface area contributed by atoms with E-state index >= 15 is 0 Å². The van der Waals surface area contributed by atoms with Crippen LogP contribution in [-0.2, 0) is 25.6 Å². The Balaban J connectivity index is 1.39. The van der Waals surface area contributed by atoms with Crippen LogP contribution in [0.3, 0.4) is 0 Å². The van der Waals surface area contributed by atoms with Crippen molar-refractivity contribution >= 4 is 102 Å². The van der Waals surface area contributed by atoms with Crippen molar-refractivity contribution in [3.63, 3.8) is 0 Å². The molecule has 0 aromatic heterocycles. The van der Waals surface area contributed by atoms with Crippen LogP contribution in [0, 0.1) is 0 Å². The molecule has 1 heterocycles. The van der Waals surface area contributed by atoms with Crippen molar-refractivity contribution in [2.24, 2.45) is 5.10 Å². The number of carbonyl (C=O) groups excluding carboxylic acids is 1. The molecule has 0 aliphatic carbocycles. The van der Waals surface area contributed by atoms with Crippen molar-refractivity contribution in [1.29, 1.82) is 0 Å². The van der Waals surface area contributed by atoms with Crippen molar-refractivity contribution in [2.45, 2.75) is 95.6 Å². The van der Waals surface area contributed by atoms with Crippen molar-refractivity contribution in [1.82, 2.24) is 4.72 Å². The first kappa shape index (κ1) is 46.0. The number of hydrogen-bond donors (Lipinski definition) is 4. The van der Waals surface area contributed by atoms with Gasteiger partial charge in [0.1, 0.15) is 23.2 Å². The van der Waals surface area contributed by atoms with Crippen LogP contribution in [0.1, 0.15) is 90.3 Å². The van der Waals surface area contributed by atoms with Gasteiger partial charge in [-0.2, -0.15) is 14.8 Å². The molecule has 0 saturated carbocycles. The van der Waals surface area contributed by atoms with Gasteiger partial charge in [-0.25, -0.2) is 13.2 Å². The molecule has 0 radical (unpaired) electrons. The fraction of sp³-hybridized carbons (Fsp3) is 0.311. The molecule has 0 spiro atoms. The number of sulfonamides is 1. The van der Waals surface area contributed by atoms with Gasteiger partial charge in [0.2, 0.25) is 10.0 Å². The Morgan fingerprint density at radius 1 is 0.869 bits per heavy atom. The van der Waals surface area contributed by atoms with Gasteiger partial charge >= 0.3 is 6.09 Å². The Kier molecular flexibility index (Phi) is 13.6. The van der Waals surface area contributed by atoms with Gasteiger partial charge in [0.15, 0.2) is 6.23 Å². The van der Waals surface area contributed by atoms with Gasteiger partial charge in [0.25, 0.3) is 5.91 Å². The van der Waals surface area contributed by atoms with E-state index in [0.717, 1.165) is 23.4 Å². The zero-order valence-corrected chi connectivity index (χ0v) is 38.5. The van der Waals surface area contributed by atoms with Crippen LogP contribution < -0.4 is 25.1 Å². The second kappa shape index (κ2) is 18.0. The number of hydrazone groups is 1. The molecule has 322 valence electrons. The molecule has 2 unspecified atom stereocenters. The number of carbonyl (C=O) groups is 2. The number of ether oxygens (including phenoxy) is 1. The molecule has 16 heteroatoms. The fourth-order valence-electron chi connectivity index (χ4n) is 6.97. The maximum Gasteiger partial charge on any atom is 0.409 e. The summed E-state index contributed by atoms with van der Waals surface area (Å²) in [7, 11) is -4.26. The van der Waals surface area contributed by atoms with Crippen molar-refractivity contribution in [3.8, 4) is 5.75 Å². The summed E-state index contributed by atoms with van der Waals surface area (Å²) in [6.45, 7) is 14.7. The van der Waals surface area contributed by atoms with E-state index in [1.807, 2.05) is 19.1 Å². The zero-order valence-electron chi connectivity index (χ0n) is 34.7. The summed E-state index contributed by atoms with van der Waals surface area (Å²) in [5, 5.41) is 22.7. The van der Waals surface area contributed by atoms with E-state index in [-0.39, 0.29) is 64.3 Å². The highest BCUT2D eigenvalue weighted by Crippen LogP contribution is 2.44. The molecule has 4 N–H and O–H groups in total. The number of carboxylic acid groups (broad SMARTS) is 1. The molecule has 11 nitrogen and oxygen atoms in total. The highest BCUT2D eigenvalue weighted by Gasteiger charge is 2.42. The van der Waals surface area contributed by atoms with Crippen molar-refractivity contribution < 1.29 is 27.9 Å². The topological polar surface area (TPSA) is 149 Å². The first-order valence-corrected chi connectivity index (χ1v) is 22.7. The standard InChI is InChI=1S/C45H47Cl4N5O6S/c1-8-37(60-36-20-16-26(44(4,5)9-2)21-31(36)45(6,7)10-3)53-61(58,59)28-17-19-32(47)35(24-28)50-41-38(42(55)54(52-41)40-33(48)22-27(46)23-34(40)49)30-18-15-25-13-11-12-14-29(25)39(30)51-43(56)57/h11-24,37-38,51,53H,8-10H2,1-7H3,(H,50,52)(H,56,57). The number of nitrogens with zero attached hydrogens (tertiary/aromatic N) is 2. The van der Waals surface area contributed by atoms with E-state index < -0.39 is 34.2 Å². The lowest BCUT2D eigenvalue weighted by Crippen LogP contribution is -2.39. The first-order chi connectivity index (χ1) is 28.7. The third kappa shape index (κ3) is 9.60. The van der Waals surface area contributed by atoms with Crippen molar-refractivity contribution in [3.05, 3.63) is 122 Å². The van der Waals surface area contributed by atoms with Gasteiger partial charge in [-0.1, -0.05) is 143 Å². The van der Waals surface area contributed by atoms with Gasteiger partial charge < -0.3 is 15.2 Å². The highest BCUT2D eigenvalue weighted by atomic mass is 35.5. The number of amides is 2. The minimum Gasteiger partial charge on any atom is -0.474 e. The summed E-state index contributed by atoms with van der Waals surface area (Å²) in [5.41, 5.74) is 2.31. The molecule has 1 aliphatic rings. The van der Waals surface area contributed by atoms with Crippen LogP contribution in [0.25, 0.3) is 10.8 Å². The third-order valence-electron chi connectivity index (χ3n) is 11.3. The van der Waals surface area contributed by atoms with E-state index in [1.165, 1.54) is 35.9 Å². The summed E-state index contributed by atoms with van der Waals surface area (Å²) in [5.74, 6) is -1.40. The lowest BCUT2D eigenvalue weighted by atomic mass is 9.76. The molecule has 0 bridgehead atoms. The molecule has 5 aromatic rings. The van der Waals surface area contributed by atoms with E-state index in [0.29, 0.717) is 22.9 Å². The van der Waals surface area contributed by atoms with Gasteiger partial charge in [0, 0.05) is 16.0 Å². The Bertz CT molecular complexity index is 2650. The number of benzene rings is 5. The number of nitrogens with one attached hydrogen (secondary N) is 3. The average Bonchev–Trinajstić information content (AvgIpc) is 3.51. The van der Waals surface area contributed by atoms with Crippen LogP contribution in [0.15, 0.2) is 94.9 Å². The lowest BCUT2D eigenvalue weighted by molar-refractivity contribution is -0.118. The number of anilines is 3. The molecule has 2 atom stereocenters. The smallest absolute Gasteiger partial charge is 0.409 e. The summed E-state index contributed by atoms with van der Waals surface area (Å²) < 4.78 is 37.5. The molecule has 0 saturated heterocycles. The van der Waals surface area contributed by atoms with Gasteiger partial charge in [-0.3, -0.25) is 10.1 Å². The van der Waals surface area contributed by atoms with E-state index in [2.05, 4.69) is 68.1 Å². The minimum atomic E-state index is -4.26. The Morgan fingerprint density at radius 3 is 2.18 bits per heavy atom. The molecule has 2 amide bonds. The van der Waals surface area contributed by atoms with Gasteiger partial charge in [-0.15, -0.1) is 0 Å². The molecule has 6 rings (SSSR count). The Labute approximate surface area is 376 Å². The van der Waals surface area contributed by atoms with Gasteiger partial charge in [-0.05, 0) is 83.0 Å². The summed E-state index contributed by atoms with van der Waals surface area (Å²) in [6, 6.07) is 23.4. The Morgan fingerprint density at radius 2 is 1.54 bits per heavy atom. The Hall–Kier alpha value is -4.56. The molecule has 1 aliphatic heterocycles. The number of rotatable bonds is 14. The maximum absolute atomic E-state index is 14.6. The zero-order chi connectivity index (χ0) is 44.6.